The Bertz CT molecular complexity index is 422. The number of aryl methyl sites for hydroxylation is 1. The van der Waals surface area contributed by atoms with Crippen LogP contribution in [0.2, 0.25) is 0 Å². The molecule has 0 saturated heterocycles. The molecule has 0 aliphatic carbocycles. The molecule has 68 valence electrons. The molecule has 13 heavy (non-hydrogen) atoms. The quantitative estimate of drug-likeness (QED) is 0.726. The van der Waals surface area contributed by atoms with Crippen molar-refractivity contribution in [2.75, 3.05) is 6.61 Å². The summed E-state index contributed by atoms with van der Waals surface area (Å²) >= 11 is 0. The number of pyridine rings is 1. The summed E-state index contributed by atoms with van der Waals surface area (Å²) < 4.78 is 1.79. The summed E-state index contributed by atoms with van der Waals surface area (Å²) in [5.41, 5.74) is 2.76. The van der Waals surface area contributed by atoms with Crippen LogP contribution in [0.1, 0.15) is 5.69 Å². The first-order chi connectivity index (χ1) is 6.33. The minimum absolute atomic E-state index is 0.114. The molecule has 0 radical (unpaired) electrons. The molecule has 0 aliphatic heterocycles. The van der Waals surface area contributed by atoms with E-state index in [1.165, 1.54) is 0 Å². The van der Waals surface area contributed by atoms with E-state index in [0.29, 0.717) is 6.42 Å². The highest BCUT2D eigenvalue weighted by molar-refractivity contribution is 5.77. The maximum Gasteiger partial charge on any atom is 0.112 e. The minimum Gasteiger partial charge on any atom is -0.396 e. The highest BCUT2D eigenvalue weighted by Crippen LogP contribution is 2.14. The Morgan fingerprint density at radius 1 is 1.54 bits per heavy atom. The molecule has 0 fully saturated rings. The van der Waals surface area contributed by atoms with Gasteiger partial charge >= 0.3 is 0 Å². The van der Waals surface area contributed by atoms with E-state index < -0.39 is 0 Å². The Kier molecular flexibility index (Phi) is 1.98. The first-order valence-electron chi connectivity index (χ1n) is 4.20. The van der Waals surface area contributed by atoms with E-state index in [1.807, 2.05) is 19.2 Å². The minimum atomic E-state index is 0.114. The zero-order valence-corrected chi connectivity index (χ0v) is 7.44. The molecule has 0 aromatic carbocycles. The summed E-state index contributed by atoms with van der Waals surface area (Å²) in [7, 11) is 1.88. The van der Waals surface area contributed by atoms with Gasteiger partial charge in [-0.3, -0.25) is 9.67 Å². The SMILES string of the molecule is Cn1nc(CCO)c2ncccc21. The standard InChI is InChI=1S/C9H11N3O/c1-12-8-3-2-5-10-9(8)7(11-12)4-6-13/h2-3,5,13H,4,6H2,1H3. The third kappa shape index (κ3) is 1.29. The van der Waals surface area contributed by atoms with Gasteiger partial charge in [0.1, 0.15) is 5.52 Å². The third-order valence-electron chi connectivity index (χ3n) is 2.03. The molecule has 0 saturated carbocycles. The topological polar surface area (TPSA) is 50.9 Å². The Morgan fingerprint density at radius 3 is 3.15 bits per heavy atom. The summed E-state index contributed by atoms with van der Waals surface area (Å²) in [5, 5.41) is 13.1. The second-order valence-electron chi connectivity index (χ2n) is 2.92. The largest absolute Gasteiger partial charge is 0.396 e. The molecule has 2 rings (SSSR count). The Labute approximate surface area is 75.8 Å². The number of nitrogens with zero attached hydrogens (tertiary/aromatic N) is 3. The van der Waals surface area contributed by atoms with Crippen molar-refractivity contribution in [3.63, 3.8) is 0 Å². The van der Waals surface area contributed by atoms with Gasteiger partial charge in [-0.1, -0.05) is 0 Å². The number of aliphatic hydroxyl groups excluding tert-OH is 1. The van der Waals surface area contributed by atoms with Crippen molar-refractivity contribution in [2.45, 2.75) is 6.42 Å². The van der Waals surface area contributed by atoms with Crippen LogP contribution >= 0.6 is 0 Å². The lowest BCUT2D eigenvalue weighted by atomic mass is 10.2. The molecule has 2 heterocycles. The number of aliphatic hydroxyl groups is 1. The van der Waals surface area contributed by atoms with Gasteiger partial charge in [0.2, 0.25) is 0 Å². The van der Waals surface area contributed by atoms with E-state index >= 15 is 0 Å². The van der Waals surface area contributed by atoms with E-state index in [9.17, 15) is 0 Å². The average Bonchev–Trinajstić information content (AvgIpc) is 2.46. The molecule has 0 unspecified atom stereocenters. The molecule has 2 aromatic rings. The summed E-state index contributed by atoms with van der Waals surface area (Å²) in [6.45, 7) is 0.114. The van der Waals surface area contributed by atoms with Gasteiger partial charge < -0.3 is 5.11 Å². The van der Waals surface area contributed by atoms with E-state index in [-0.39, 0.29) is 6.61 Å². The van der Waals surface area contributed by atoms with Crippen LogP contribution in [-0.4, -0.2) is 26.5 Å². The molecule has 0 atom stereocenters. The Hall–Kier alpha value is -1.42. The van der Waals surface area contributed by atoms with Crippen molar-refractivity contribution < 1.29 is 5.11 Å². The van der Waals surface area contributed by atoms with Crippen LogP contribution in [0.3, 0.4) is 0 Å². The van der Waals surface area contributed by atoms with Crippen molar-refractivity contribution in [1.29, 1.82) is 0 Å². The predicted octanol–water partition coefficient (Wildman–Crippen LogP) is 0.503. The zero-order chi connectivity index (χ0) is 9.26. The lowest BCUT2D eigenvalue weighted by Crippen LogP contribution is -1.94. The van der Waals surface area contributed by atoms with Crippen molar-refractivity contribution in [1.82, 2.24) is 14.8 Å². The van der Waals surface area contributed by atoms with E-state index in [0.717, 1.165) is 16.7 Å². The highest BCUT2D eigenvalue weighted by atomic mass is 16.3. The second kappa shape index (κ2) is 3.14. The molecule has 0 aliphatic rings. The maximum absolute atomic E-state index is 8.81. The van der Waals surface area contributed by atoms with Gasteiger partial charge in [-0.25, -0.2) is 0 Å². The normalized spacial score (nSPS) is 10.9. The van der Waals surface area contributed by atoms with Gasteiger partial charge in [0, 0.05) is 26.3 Å². The maximum atomic E-state index is 8.81. The predicted molar refractivity (Wildman–Crippen MR) is 49.3 cm³/mol. The van der Waals surface area contributed by atoms with Crippen LogP contribution in [0.25, 0.3) is 11.0 Å². The molecular formula is C9H11N3O. The fourth-order valence-electron chi connectivity index (χ4n) is 1.44. The third-order valence-corrected chi connectivity index (χ3v) is 2.03. The second-order valence-corrected chi connectivity index (χ2v) is 2.92. The van der Waals surface area contributed by atoms with Crippen LogP contribution in [0.15, 0.2) is 18.3 Å². The van der Waals surface area contributed by atoms with E-state index in [2.05, 4.69) is 10.1 Å². The van der Waals surface area contributed by atoms with Gasteiger partial charge in [-0.05, 0) is 12.1 Å². The summed E-state index contributed by atoms with van der Waals surface area (Å²) in [6.07, 6.45) is 2.30. The Balaban J connectivity index is 2.63. The molecule has 4 heteroatoms. The number of fused-ring (bicyclic) bond motifs is 1. The van der Waals surface area contributed by atoms with Gasteiger partial charge in [-0.2, -0.15) is 5.10 Å². The smallest absolute Gasteiger partial charge is 0.112 e. The molecule has 2 aromatic heterocycles. The highest BCUT2D eigenvalue weighted by Gasteiger charge is 2.07. The van der Waals surface area contributed by atoms with Crippen LogP contribution in [-0.2, 0) is 13.5 Å². The average molecular weight is 177 g/mol. The van der Waals surface area contributed by atoms with E-state index in [1.54, 1.807) is 10.9 Å². The summed E-state index contributed by atoms with van der Waals surface area (Å²) in [6, 6.07) is 3.85. The first kappa shape index (κ1) is 8.19. The fraction of sp³-hybridized carbons (Fsp3) is 0.333. The molecule has 4 nitrogen and oxygen atoms in total. The number of rotatable bonds is 2. The van der Waals surface area contributed by atoms with Crippen molar-refractivity contribution in [3.05, 3.63) is 24.0 Å². The van der Waals surface area contributed by atoms with Gasteiger partial charge in [-0.15, -0.1) is 0 Å². The summed E-state index contributed by atoms with van der Waals surface area (Å²) in [4.78, 5) is 4.23. The van der Waals surface area contributed by atoms with Crippen molar-refractivity contribution in [2.24, 2.45) is 7.05 Å². The number of aromatic nitrogens is 3. The molecule has 0 bridgehead atoms. The van der Waals surface area contributed by atoms with Crippen LogP contribution in [0.5, 0.6) is 0 Å². The van der Waals surface area contributed by atoms with Gasteiger partial charge in [0.25, 0.3) is 0 Å². The molecular weight excluding hydrogens is 166 g/mol. The number of hydrogen-bond donors (Lipinski definition) is 1. The monoisotopic (exact) mass is 177 g/mol. The van der Waals surface area contributed by atoms with Gasteiger partial charge in [0.15, 0.2) is 0 Å². The lowest BCUT2D eigenvalue weighted by Gasteiger charge is -1.90. The molecule has 0 amide bonds. The van der Waals surface area contributed by atoms with Crippen LogP contribution in [0, 0.1) is 0 Å². The van der Waals surface area contributed by atoms with Crippen molar-refractivity contribution >= 4 is 11.0 Å². The fourth-order valence-corrected chi connectivity index (χ4v) is 1.44. The molecule has 1 N–H and O–H groups in total. The van der Waals surface area contributed by atoms with Gasteiger partial charge in [0.05, 0.1) is 11.2 Å². The number of hydrogen-bond acceptors (Lipinski definition) is 3. The molecule has 0 spiro atoms. The van der Waals surface area contributed by atoms with Crippen molar-refractivity contribution in [3.8, 4) is 0 Å². The Morgan fingerprint density at radius 2 is 2.38 bits per heavy atom. The lowest BCUT2D eigenvalue weighted by molar-refractivity contribution is 0.298. The zero-order valence-electron chi connectivity index (χ0n) is 7.44. The summed E-state index contributed by atoms with van der Waals surface area (Å²) in [5.74, 6) is 0. The van der Waals surface area contributed by atoms with Crippen LogP contribution in [0.4, 0.5) is 0 Å². The van der Waals surface area contributed by atoms with E-state index in [4.69, 9.17) is 5.11 Å². The van der Waals surface area contributed by atoms with Crippen LogP contribution < -0.4 is 0 Å². The first-order valence-corrected chi connectivity index (χ1v) is 4.20.